The molecule has 0 aliphatic carbocycles. The molecule has 1 N–H and O–H groups in total. The molecule has 1 atom stereocenters. The second-order valence-corrected chi connectivity index (χ2v) is 12.8. The number of amides is 2. The topological polar surface area (TPSA) is 96.0 Å². The predicted octanol–water partition coefficient (Wildman–Crippen LogP) is 5.18. The summed E-state index contributed by atoms with van der Waals surface area (Å²) in [5.74, 6) is -0.397. The molecule has 3 aromatic rings. The second kappa shape index (κ2) is 12.7. The molecular formula is C30H36ClN3O5S. The zero-order valence-corrected chi connectivity index (χ0v) is 25.2. The largest absolute Gasteiger partial charge is 0.497 e. The first-order chi connectivity index (χ1) is 18.7. The third kappa shape index (κ3) is 7.76. The number of carbonyl (C=O) groups is 2. The molecule has 0 aromatic heterocycles. The number of hydrogen-bond acceptors (Lipinski definition) is 5. The van der Waals surface area contributed by atoms with Gasteiger partial charge in [0, 0.05) is 17.1 Å². The summed E-state index contributed by atoms with van der Waals surface area (Å²) < 4.78 is 34.0. The summed E-state index contributed by atoms with van der Waals surface area (Å²) in [6, 6.07) is 18.9. The Morgan fingerprint density at radius 3 is 2.23 bits per heavy atom. The molecule has 0 radical (unpaired) electrons. The van der Waals surface area contributed by atoms with Crippen LogP contribution >= 0.6 is 11.6 Å². The molecule has 0 saturated heterocycles. The minimum absolute atomic E-state index is 0.0231. The lowest BCUT2D eigenvalue weighted by molar-refractivity contribution is -0.140. The molecule has 0 heterocycles. The normalized spacial score (nSPS) is 12.4. The van der Waals surface area contributed by atoms with Gasteiger partial charge in [-0.25, -0.2) is 8.42 Å². The van der Waals surface area contributed by atoms with Crippen LogP contribution in [0.5, 0.6) is 5.75 Å². The van der Waals surface area contributed by atoms with Crippen LogP contribution in [0.2, 0.25) is 5.02 Å². The number of nitrogens with zero attached hydrogens (tertiary/aromatic N) is 2. The highest BCUT2D eigenvalue weighted by Crippen LogP contribution is 2.28. The van der Waals surface area contributed by atoms with E-state index in [-0.39, 0.29) is 23.0 Å². The Morgan fingerprint density at radius 1 is 1.00 bits per heavy atom. The number of carbonyl (C=O) groups excluding carboxylic acids is 2. The third-order valence-electron chi connectivity index (χ3n) is 6.29. The lowest BCUT2D eigenvalue weighted by atomic mass is 10.1. The zero-order chi connectivity index (χ0) is 29.7. The number of aryl methyl sites for hydroxylation is 1. The van der Waals surface area contributed by atoms with Gasteiger partial charge in [0.15, 0.2) is 0 Å². The Kier molecular flexibility index (Phi) is 9.87. The molecule has 8 nitrogen and oxygen atoms in total. The zero-order valence-electron chi connectivity index (χ0n) is 23.6. The van der Waals surface area contributed by atoms with Crippen molar-refractivity contribution in [2.24, 2.45) is 0 Å². The van der Waals surface area contributed by atoms with E-state index in [1.54, 1.807) is 25.1 Å². The summed E-state index contributed by atoms with van der Waals surface area (Å²) in [6.45, 7) is 8.70. The lowest BCUT2D eigenvalue weighted by Gasteiger charge is -2.33. The van der Waals surface area contributed by atoms with E-state index in [0.717, 1.165) is 15.4 Å². The van der Waals surface area contributed by atoms with E-state index in [1.165, 1.54) is 42.3 Å². The van der Waals surface area contributed by atoms with Crippen molar-refractivity contribution in [3.8, 4) is 5.75 Å². The second-order valence-electron chi connectivity index (χ2n) is 10.5. The molecule has 1 unspecified atom stereocenters. The minimum Gasteiger partial charge on any atom is -0.497 e. The maximum Gasteiger partial charge on any atom is 0.264 e. The first kappa shape index (κ1) is 31.0. The standard InChI is InChI=1S/C30H36ClN3O5S/c1-21-10-7-8-11-23(21)19-33(22(2)29(36)32-30(3,4)5)28(35)20-34(25-13-9-12-24(31)18-25)40(37,38)27-16-14-26(39-6)15-17-27/h7-18,22H,19-20H2,1-6H3,(H,32,36). The van der Waals surface area contributed by atoms with Crippen LogP contribution in [-0.4, -0.2) is 50.4 Å². The molecule has 0 fully saturated rings. The van der Waals surface area contributed by atoms with Gasteiger partial charge >= 0.3 is 0 Å². The van der Waals surface area contributed by atoms with E-state index in [1.807, 2.05) is 52.0 Å². The first-order valence-corrected chi connectivity index (χ1v) is 14.6. The fourth-order valence-corrected chi connectivity index (χ4v) is 5.65. The highest BCUT2D eigenvalue weighted by atomic mass is 35.5. The van der Waals surface area contributed by atoms with Crippen LogP contribution in [0.15, 0.2) is 77.7 Å². The summed E-state index contributed by atoms with van der Waals surface area (Å²) >= 11 is 6.22. The molecule has 0 bridgehead atoms. The highest BCUT2D eigenvalue weighted by molar-refractivity contribution is 7.92. The fraction of sp³-hybridized carbons (Fsp3) is 0.333. The Bertz CT molecular complexity index is 1450. The molecule has 3 aromatic carbocycles. The summed E-state index contributed by atoms with van der Waals surface area (Å²) in [5, 5.41) is 3.23. The molecule has 2 amide bonds. The average Bonchev–Trinajstić information content (AvgIpc) is 2.89. The van der Waals surface area contributed by atoms with Crippen molar-refractivity contribution < 1.29 is 22.7 Å². The molecule has 0 aliphatic rings. The van der Waals surface area contributed by atoms with Crippen molar-refractivity contribution in [1.29, 1.82) is 0 Å². The molecule has 0 saturated carbocycles. The van der Waals surface area contributed by atoms with E-state index >= 15 is 0 Å². The summed E-state index contributed by atoms with van der Waals surface area (Å²) in [4.78, 5) is 28.6. The monoisotopic (exact) mass is 585 g/mol. The minimum atomic E-state index is -4.21. The van der Waals surface area contributed by atoms with Crippen LogP contribution in [0, 0.1) is 6.92 Å². The third-order valence-corrected chi connectivity index (χ3v) is 8.31. The Labute approximate surface area is 241 Å². The molecule has 10 heteroatoms. The summed E-state index contributed by atoms with van der Waals surface area (Å²) in [7, 11) is -2.72. The number of ether oxygens (including phenoxy) is 1. The van der Waals surface area contributed by atoms with Gasteiger partial charge in [0.1, 0.15) is 18.3 Å². The van der Waals surface area contributed by atoms with Gasteiger partial charge < -0.3 is 15.0 Å². The van der Waals surface area contributed by atoms with Crippen LogP contribution in [0.3, 0.4) is 0 Å². The van der Waals surface area contributed by atoms with E-state index < -0.39 is 34.1 Å². The van der Waals surface area contributed by atoms with Crippen molar-refractivity contribution >= 4 is 39.1 Å². The molecule has 214 valence electrons. The maximum atomic E-state index is 14.0. The average molecular weight is 586 g/mol. The highest BCUT2D eigenvalue weighted by Gasteiger charge is 2.33. The van der Waals surface area contributed by atoms with Crippen LogP contribution in [-0.2, 0) is 26.2 Å². The molecule has 3 rings (SSSR count). The Hall–Kier alpha value is -3.56. The van der Waals surface area contributed by atoms with Gasteiger partial charge in [-0.15, -0.1) is 0 Å². The predicted molar refractivity (Wildman–Crippen MR) is 158 cm³/mol. The SMILES string of the molecule is COc1ccc(S(=O)(=O)N(CC(=O)N(Cc2ccccc2C)C(C)C(=O)NC(C)(C)C)c2cccc(Cl)c2)cc1. The van der Waals surface area contributed by atoms with Gasteiger partial charge in [-0.05, 0) is 88.2 Å². The number of nitrogens with one attached hydrogen (secondary N) is 1. The molecule has 0 spiro atoms. The van der Waals surface area contributed by atoms with Crippen molar-refractivity contribution in [1.82, 2.24) is 10.2 Å². The van der Waals surface area contributed by atoms with E-state index in [0.29, 0.717) is 10.8 Å². The first-order valence-electron chi connectivity index (χ1n) is 12.8. The van der Waals surface area contributed by atoms with Gasteiger partial charge in [0.2, 0.25) is 11.8 Å². The number of benzene rings is 3. The van der Waals surface area contributed by atoms with Crippen molar-refractivity contribution in [3.63, 3.8) is 0 Å². The van der Waals surface area contributed by atoms with E-state index in [9.17, 15) is 18.0 Å². The van der Waals surface area contributed by atoms with E-state index in [2.05, 4.69) is 5.32 Å². The fourth-order valence-electron chi connectivity index (χ4n) is 4.06. The molecular weight excluding hydrogens is 550 g/mol. The van der Waals surface area contributed by atoms with Crippen LogP contribution in [0.4, 0.5) is 5.69 Å². The number of sulfonamides is 1. The van der Waals surface area contributed by atoms with Gasteiger partial charge in [-0.1, -0.05) is 41.9 Å². The number of rotatable bonds is 10. The van der Waals surface area contributed by atoms with Crippen LogP contribution in [0.25, 0.3) is 0 Å². The Morgan fingerprint density at radius 2 is 1.65 bits per heavy atom. The van der Waals surface area contributed by atoms with Gasteiger partial charge in [0.05, 0.1) is 17.7 Å². The van der Waals surface area contributed by atoms with Gasteiger partial charge in [-0.3, -0.25) is 13.9 Å². The van der Waals surface area contributed by atoms with Crippen LogP contribution < -0.4 is 14.4 Å². The number of halogens is 1. The molecule has 0 aliphatic heterocycles. The van der Waals surface area contributed by atoms with Gasteiger partial charge in [0.25, 0.3) is 10.0 Å². The van der Waals surface area contributed by atoms with E-state index in [4.69, 9.17) is 16.3 Å². The number of methoxy groups -OCH3 is 1. The lowest BCUT2D eigenvalue weighted by Crippen LogP contribution is -2.54. The molecule has 40 heavy (non-hydrogen) atoms. The summed E-state index contributed by atoms with van der Waals surface area (Å²) in [6.07, 6.45) is 0. The number of anilines is 1. The summed E-state index contributed by atoms with van der Waals surface area (Å²) in [5.41, 5.74) is 1.49. The Balaban J connectivity index is 2.05. The van der Waals surface area contributed by atoms with Crippen molar-refractivity contribution in [2.45, 2.75) is 57.6 Å². The quantitative estimate of drug-likeness (QED) is 0.353. The van der Waals surface area contributed by atoms with Crippen LogP contribution in [0.1, 0.15) is 38.8 Å². The smallest absolute Gasteiger partial charge is 0.264 e. The van der Waals surface area contributed by atoms with Crippen molar-refractivity contribution in [3.05, 3.63) is 88.9 Å². The van der Waals surface area contributed by atoms with Gasteiger partial charge in [-0.2, -0.15) is 0 Å². The maximum absolute atomic E-state index is 14.0. The van der Waals surface area contributed by atoms with Crippen molar-refractivity contribution in [2.75, 3.05) is 18.0 Å². The number of hydrogen-bond donors (Lipinski definition) is 1.